The Hall–Kier alpha value is -3.79. The lowest BCUT2D eigenvalue weighted by Crippen LogP contribution is -2.40. The van der Waals surface area contributed by atoms with E-state index in [4.69, 9.17) is 16.1 Å². The third-order valence-corrected chi connectivity index (χ3v) is 5.01. The number of nitro benzene ring substituents is 1. The molecule has 10 nitrogen and oxygen atoms in total. The third-order valence-electron chi connectivity index (χ3n) is 4.77. The van der Waals surface area contributed by atoms with E-state index >= 15 is 0 Å². The second kappa shape index (κ2) is 7.23. The Kier molecular flexibility index (Phi) is 4.70. The van der Waals surface area contributed by atoms with Crippen molar-refractivity contribution in [1.82, 2.24) is 20.4 Å². The molecule has 1 aliphatic heterocycles. The van der Waals surface area contributed by atoms with Gasteiger partial charge in [0.25, 0.3) is 11.6 Å². The molecular weight excluding hydrogens is 414 g/mol. The highest BCUT2D eigenvalue weighted by Gasteiger charge is 2.49. The van der Waals surface area contributed by atoms with Gasteiger partial charge in [-0.15, -0.1) is 0 Å². The van der Waals surface area contributed by atoms with E-state index in [2.05, 4.69) is 15.5 Å². The first-order chi connectivity index (χ1) is 14.3. The molecule has 0 spiro atoms. The third kappa shape index (κ3) is 3.37. The lowest BCUT2D eigenvalue weighted by Gasteiger charge is -2.21. The van der Waals surface area contributed by atoms with E-state index in [1.54, 1.807) is 24.3 Å². The lowest BCUT2D eigenvalue weighted by molar-refractivity contribution is -0.384. The largest absolute Gasteiger partial charge is 0.337 e. The van der Waals surface area contributed by atoms with Crippen LogP contribution in [0.2, 0.25) is 5.02 Å². The molecule has 0 aliphatic carbocycles. The van der Waals surface area contributed by atoms with Gasteiger partial charge in [-0.25, -0.2) is 4.79 Å². The van der Waals surface area contributed by atoms with Crippen molar-refractivity contribution in [1.29, 1.82) is 0 Å². The van der Waals surface area contributed by atoms with Gasteiger partial charge in [-0.2, -0.15) is 4.98 Å². The quantitative estimate of drug-likeness (QED) is 0.375. The van der Waals surface area contributed by atoms with Crippen LogP contribution < -0.4 is 5.32 Å². The summed E-state index contributed by atoms with van der Waals surface area (Å²) in [5.41, 5.74) is -0.443. The van der Waals surface area contributed by atoms with Crippen molar-refractivity contribution >= 4 is 29.2 Å². The SMILES string of the molecule is CC1(c2ccc([N+](=O)[O-])cc2)NC(=O)N(Cc2nc(-c3cccc(Cl)c3)no2)C1=O. The molecule has 1 fully saturated rings. The fourth-order valence-corrected chi connectivity index (χ4v) is 3.34. The minimum absolute atomic E-state index is 0.0708. The lowest BCUT2D eigenvalue weighted by atomic mass is 9.92. The van der Waals surface area contributed by atoms with Crippen LogP contribution in [0.25, 0.3) is 11.4 Å². The van der Waals surface area contributed by atoms with Crippen molar-refractivity contribution in [2.24, 2.45) is 0 Å². The van der Waals surface area contributed by atoms with Crippen LogP contribution in [0, 0.1) is 10.1 Å². The Morgan fingerprint density at radius 3 is 2.63 bits per heavy atom. The van der Waals surface area contributed by atoms with Gasteiger partial charge in [0.1, 0.15) is 12.1 Å². The van der Waals surface area contributed by atoms with Crippen LogP contribution in [0.5, 0.6) is 0 Å². The molecule has 0 bridgehead atoms. The van der Waals surface area contributed by atoms with Gasteiger partial charge < -0.3 is 9.84 Å². The molecule has 0 radical (unpaired) electrons. The van der Waals surface area contributed by atoms with Gasteiger partial charge in [-0.3, -0.25) is 19.8 Å². The van der Waals surface area contributed by atoms with Crippen molar-refractivity contribution in [2.75, 3.05) is 0 Å². The summed E-state index contributed by atoms with van der Waals surface area (Å²) in [6.07, 6.45) is 0. The predicted octanol–water partition coefficient (Wildman–Crippen LogP) is 3.27. The van der Waals surface area contributed by atoms with Crippen LogP contribution >= 0.6 is 11.6 Å². The van der Waals surface area contributed by atoms with Crippen LogP contribution in [0.1, 0.15) is 18.4 Å². The van der Waals surface area contributed by atoms with E-state index in [0.29, 0.717) is 16.1 Å². The molecule has 152 valence electrons. The highest BCUT2D eigenvalue weighted by atomic mass is 35.5. The number of non-ortho nitro benzene ring substituents is 1. The number of nitrogens with zero attached hydrogens (tertiary/aromatic N) is 4. The van der Waals surface area contributed by atoms with Crippen molar-refractivity contribution in [3.05, 3.63) is 75.1 Å². The molecule has 2 heterocycles. The van der Waals surface area contributed by atoms with Crippen molar-refractivity contribution < 1.29 is 19.0 Å². The molecule has 1 N–H and O–H groups in total. The van der Waals surface area contributed by atoms with E-state index in [0.717, 1.165) is 4.90 Å². The number of nitrogens with one attached hydrogen (secondary N) is 1. The summed E-state index contributed by atoms with van der Waals surface area (Å²) in [5.74, 6) is -0.192. The second-order valence-corrected chi connectivity index (χ2v) is 7.21. The molecule has 3 amide bonds. The molecule has 0 saturated carbocycles. The van der Waals surface area contributed by atoms with Gasteiger partial charge in [0, 0.05) is 22.7 Å². The number of amides is 3. The van der Waals surface area contributed by atoms with Crippen LogP contribution in [0.15, 0.2) is 53.1 Å². The summed E-state index contributed by atoms with van der Waals surface area (Å²) in [6, 6.07) is 11.6. The Morgan fingerprint density at radius 1 is 1.23 bits per heavy atom. The van der Waals surface area contributed by atoms with Gasteiger partial charge in [0.05, 0.1) is 4.92 Å². The average molecular weight is 428 g/mol. The number of halogens is 1. The van der Waals surface area contributed by atoms with Gasteiger partial charge in [0.15, 0.2) is 0 Å². The number of benzene rings is 2. The molecule has 2 aromatic carbocycles. The van der Waals surface area contributed by atoms with Crippen LogP contribution in [0.3, 0.4) is 0 Å². The summed E-state index contributed by atoms with van der Waals surface area (Å²) < 4.78 is 5.18. The van der Waals surface area contributed by atoms with E-state index in [1.807, 2.05) is 0 Å². The molecule has 3 aromatic rings. The minimum atomic E-state index is -1.37. The maximum absolute atomic E-state index is 13.0. The molecule has 1 aromatic heterocycles. The van der Waals surface area contributed by atoms with E-state index in [1.165, 1.54) is 31.2 Å². The first-order valence-electron chi connectivity index (χ1n) is 8.75. The average Bonchev–Trinajstić information content (AvgIpc) is 3.27. The number of nitro groups is 1. The molecule has 1 unspecified atom stereocenters. The smallest absolute Gasteiger partial charge is 0.325 e. The highest BCUT2D eigenvalue weighted by Crippen LogP contribution is 2.31. The number of rotatable bonds is 5. The fourth-order valence-electron chi connectivity index (χ4n) is 3.15. The molecular formula is C19H14ClN5O5. The number of aromatic nitrogens is 2. The molecule has 1 atom stereocenters. The van der Waals surface area contributed by atoms with E-state index in [-0.39, 0.29) is 23.9 Å². The first kappa shape index (κ1) is 19.5. The van der Waals surface area contributed by atoms with Crippen molar-refractivity contribution in [3.63, 3.8) is 0 Å². The van der Waals surface area contributed by atoms with Gasteiger partial charge >= 0.3 is 6.03 Å². The number of hydrogen-bond donors (Lipinski definition) is 1. The Balaban J connectivity index is 1.55. The Bertz CT molecular complexity index is 1160. The number of carbonyl (C=O) groups is 2. The second-order valence-electron chi connectivity index (χ2n) is 6.77. The monoisotopic (exact) mass is 427 g/mol. The minimum Gasteiger partial charge on any atom is -0.337 e. The molecule has 11 heteroatoms. The number of carbonyl (C=O) groups excluding carboxylic acids is 2. The molecule has 1 saturated heterocycles. The highest BCUT2D eigenvalue weighted by molar-refractivity contribution is 6.30. The Morgan fingerprint density at radius 2 is 1.97 bits per heavy atom. The van der Waals surface area contributed by atoms with Gasteiger partial charge in [-0.05, 0) is 36.8 Å². The number of imide groups is 1. The fraction of sp³-hybridized carbons (Fsp3) is 0.158. The van der Waals surface area contributed by atoms with E-state index < -0.39 is 22.4 Å². The van der Waals surface area contributed by atoms with E-state index in [9.17, 15) is 19.7 Å². The van der Waals surface area contributed by atoms with Crippen molar-refractivity contribution in [2.45, 2.75) is 19.0 Å². The molecule has 1 aliphatic rings. The summed E-state index contributed by atoms with van der Waals surface area (Å²) in [4.78, 5) is 40.9. The topological polar surface area (TPSA) is 131 Å². The van der Waals surface area contributed by atoms with Crippen LogP contribution in [-0.2, 0) is 16.9 Å². The number of urea groups is 1. The zero-order valence-corrected chi connectivity index (χ0v) is 16.3. The van der Waals surface area contributed by atoms with Crippen molar-refractivity contribution in [3.8, 4) is 11.4 Å². The van der Waals surface area contributed by atoms with Crippen LogP contribution in [-0.4, -0.2) is 31.9 Å². The number of hydrogen-bond acceptors (Lipinski definition) is 7. The van der Waals surface area contributed by atoms with Crippen LogP contribution in [0.4, 0.5) is 10.5 Å². The summed E-state index contributed by atoms with van der Waals surface area (Å²) in [6.45, 7) is 1.31. The molecule has 30 heavy (non-hydrogen) atoms. The maximum atomic E-state index is 13.0. The predicted molar refractivity (Wildman–Crippen MR) is 104 cm³/mol. The normalized spacial score (nSPS) is 18.5. The zero-order valence-electron chi connectivity index (χ0n) is 15.5. The van der Waals surface area contributed by atoms with Gasteiger partial charge in [0.2, 0.25) is 11.7 Å². The standard InChI is InChI=1S/C19H14ClN5O5/c1-19(12-5-7-14(8-6-12)25(28)29)17(26)24(18(27)22-19)10-15-21-16(23-30-15)11-3-2-4-13(20)9-11/h2-9H,10H2,1H3,(H,22,27). The summed E-state index contributed by atoms with van der Waals surface area (Å²) in [5, 5.41) is 17.8. The molecule has 4 rings (SSSR count). The van der Waals surface area contributed by atoms with Gasteiger partial charge in [-0.1, -0.05) is 28.9 Å². The summed E-state index contributed by atoms with van der Waals surface area (Å²) >= 11 is 5.96. The Labute approximate surface area is 174 Å². The maximum Gasteiger partial charge on any atom is 0.325 e. The summed E-state index contributed by atoms with van der Waals surface area (Å²) in [7, 11) is 0. The zero-order chi connectivity index (χ0) is 21.5. The first-order valence-corrected chi connectivity index (χ1v) is 9.13.